The minimum Gasteiger partial charge on any atom is -0.353 e. The van der Waals surface area contributed by atoms with E-state index in [0.29, 0.717) is 25.2 Å². The smallest absolute Gasteiger partial charge is 0.243 e. The van der Waals surface area contributed by atoms with E-state index in [1.165, 1.54) is 12.2 Å². The highest BCUT2D eigenvalue weighted by Crippen LogP contribution is 1.96. The zero-order valence-electron chi connectivity index (χ0n) is 11.9. The monoisotopic (exact) mass is 267 g/mol. The molecule has 0 aromatic heterocycles. The summed E-state index contributed by atoms with van der Waals surface area (Å²) < 4.78 is 0. The Morgan fingerprint density at radius 3 is 1.63 bits per heavy atom. The fraction of sp³-hybridized carbons (Fsp3) is 0.571. The third-order valence-electron chi connectivity index (χ3n) is 2.69. The third-order valence-corrected chi connectivity index (χ3v) is 2.69. The molecule has 0 aliphatic rings. The van der Waals surface area contributed by atoms with Crippen molar-refractivity contribution < 1.29 is 9.59 Å². The van der Waals surface area contributed by atoms with Crippen molar-refractivity contribution in [2.75, 3.05) is 13.1 Å². The first kappa shape index (κ1) is 17.4. The van der Waals surface area contributed by atoms with Gasteiger partial charge in [0.05, 0.1) is 0 Å². The van der Waals surface area contributed by atoms with Crippen LogP contribution in [-0.2, 0) is 9.59 Å². The lowest BCUT2D eigenvalue weighted by Crippen LogP contribution is -2.39. The summed E-state index contributed by atoms with van der Waals surface area (Å²) in [5, 5.41) is 8.88. The summed E-state index contributed by atoms with van der Waals surface area (Å²) in [6.07, 6.45) is 4.23. The Hall–Kier alpha value is -1.62. The molecule has 19 heavy (non-hydrogen) atoms. The Morgan fingerprint density at radius 1 is 0.947 bits per heavy atom. The van der Waals surface area contributed by atoms with Crippen LogP contribution < -0.4 is 16.0 Å². The SMILES string of the molecule is C=CC(=O)NCCC(C)NC(C)CCNC(=O)C=C. The van der Waals surface area contributed by atoms with Crippen LogP contribution in [0.2, 0.25) is 0 Å². The van der Waals surface area contributed by atoms with Crippen LogP contribution in [0.15, 0.2) is 25.3 Å². The van der Waals surface area contributed by atoms with Crippen LogP contribution in [0.25, 0.3) is 0 Å². The van der Waals surface area contributed by atoms with Gasteiger partial charge in [-0.1, -0.05) is 13.2 Å². The molecule has 0 heterocycles. The van der Waals surface area contributed by atoms with Crippen LogP contribution in [0, 0.1) is 0 Å². The van der Waals surface area contributed by atoms with E-state index < -0.39 is 0 Å². The molecule has 0 rings (SSSR count). The number of amides is 2. The van der Waals surface area contributed by atoms with Crippen LogP contribution in [0.4, 0.5) is 0 Å². The van der Waals surface area contributed by atoms with Gasteiger partial charge in [-0.2, -0.15) is 0 Å². The van der Waals surface area contributed by atoms with Gasteiger partial charge in [0.1, 0.15) is 0 Å². The van der Waals surface area contributed by atoms with Crippen LogP contribution in [0.1, 0.15) is 26.7 Å². The molecule has 0 aromatic rings. The number of carbonyl (C=O) groups excluding carboxylic acids is 2. The van der Waals surface area contributed by atoms with Gasteiger partial charge < -0.3 is 16.0 Å². The van der Waals surface area contributed by atoms with E-state index in [0.717, 1.165) is 12.8 Å². The van der Waals surface area contributed by atoms with Crippen molar-refractivity contribution in [3.05, 3.63) is 25.3 Å². The second kappa shape index (κ2) is 10.3. The first-order valence-corrected chi connectivity index (χ1v) is 6.56. The second-order valence-corrected chi connectivity index (χ2v) is 4.54. The predicted molar refractivity (Wildman–Crippen MR) is 77.7 cm³/mol. The van der Waals surface area contributed by atoms with Crippen molar-refractivity contribution >= 4 is 11.8 Å². The van der Waals surface area contributed by atoms with Gasteiger partial charge in [-0.05, 0) is 38.8 Å². The Bertz CT molecular complexity index is 286. The van der Waals surface area contributed by atoms with Crippen LogP contribution in [0.5, 0.6) is 0 Å². The molecule has 3 N–H and O–H groups in total. The summed E-state index contributed by atoms with van der Waals surface area (Å²) in [6.45, 7) is 12.2. The van der Waals surface area contributed by atoms with Gasteiger partial charge in [0, 0.05) is 25.2 Å². The molecule has 0 saturated heterocycles. The van der Waals surface area contributed by atoms with Crippen molar-refractivity contribution in [1.29, 1.82) is 0 Å². The molecule has 0 bridgehead atoms. The maximum absolute atomic E-state index is 11.0. The highest BCUT2D eigenvalue weighted by atomic mass is 16.2. The van der Waals surface area contributed by atoms with Crippen molar-refractivity contribution in [1.82, 2.24) is 16.0 Å². The van der Waals surface area contributed by atoms with E-state index in [1.54, 1.807) is 0 Å². The van der Waals surface area contributed by atoms with Crippen molar-refractivity contribution in [3.8, 4) is 0 Å². The summed E-state index contributed by atoms with van der Waals surface area (Å²) in [5.74, 6) is -0.292. The van der Waals surface area contributed by atoms with Gasteiger partial charge in [-0.3, -0.25) is 9.59 Å². The van der Waals surface area contributed by atoms with Gasteiger partial charge in [0.2, 0.25) is 11.8 Å². The normalized spacial score (nSPS) is 13.2. The Morgan fingerprint density at radius 2 is 1.32 bits per heavy atom. The lowest BCUT2D eigenvalue weighted by atomic mass is 10.1. The fourth-order valence-corrected chi connectivity index (χ4v) is 1.62. The maximum atomic E-state index is 11.0. The van der Waals surface area contributed by atoms with Gasteiger partial charge in [0.25, 0.3) is 0 Å². The van der Waals surface area contributed by atoms with Crippen molar-refractivity contribution in [2.45, 2.75) is 38.8 Å². The van der Waals surface area contributed by atoms with Gasteiger partial charge in [0.15, 0.2) is 0 Å². The molecule has 0 aliphatic heterocycles. The molecular weight excluding hydrogens is 242 g/mol. The quantitative estimate of drug-likeness (QED) is 0.511. The summed E-state index contributed by atoms with van der Waals surface area (Å²) in [7, 11) is 0. The molecule has 2 atom stereocenters. The molecule has 0 saturated carbocycles. The van der Waals surface area contributed by atoms with E-state index in [1.807, 2.05) is 0 Å². The molecule has 0 aliphatic carbocycles. The number of carbonyl (C=O) groups is 2. The average molecular weight is 267 g/mol. The number of hydrogen-bond acceptors (Lipinski definition) is 3. The van der Waals surface area contributed by atoms with Crippen molar-refractivity contribution in [2.24, 2.45) is 0 Å². The lowest BCUT2D eigenvalue weighted by Gasteiger charge is -2.20. The largest absolute Gasteiger partial charge is 0.353 e. The van der Waals surface area contributed by atoms with Gasteiger partial charge in [-0.15, -0.1) is 0 Å². The van der Waals surface area contributed by atoms with Gasteiger partial charge >= 0.3 is 0 Å². The van der Waals surface area contributed by atoms with E-state index >= 15 is 0 Å². The Balaban J connectivity index is 3.65. The van der Waals surface area contributed by atoms with Crippen LogP contribution in [-0.4, -0.2) is 37.0 Å². The summed E-state index contributed by atoms with van der Waals surface area (Å²) in [5.41, 5.74) is 0. The zero-order chi connectivity index (χ0) is 14.7. The Labute approximate surface area is 115 Å². The predicted octanol–water partition coefficient (Wildman–Crippen LogP) is 0.738. The maximum Gasteiger partial charge on any atom is 0.243 e. The van der Waals surface area contributed by atoms with E-state index in [9.17, 15) is 9.59 Å². The minimum absolute atomic E-state index is 0.146. The van der Waals surface area contributed by atoms with Crippen molar-refractivity contribution in [3.63, 3.8) is 0 Å². The zero-order valence-corrected chi connectivity index (χ0v) is 11.9. The molecule has 5 heteroatoms. The molecule has 2 amide bonds. The molecule has 2 unspecified atom stereocenters. The number of hydrogen-bond donors (Lipinski definition) is 3. The fourth-order valence-electron chi connectivity index (χ4n) is 1.62. The molecule has 5 nitrogen and oxygen atoms in total. The molecule has 0 aromatic carbocycles. The summed E-state index contributed by atoms with van der Waals surface area (Å²) in [4.78, 5) is 21.9. The first-order chi connectivity index (χ1) is 8.99. The van der Waals surface area contributed by atoms with Gasteiger partial charge in [-0.25, -0.2) is 0 Å². The van der Waals surface area contributed by atoms with Crippen LogP contribution >= 0.6 is 0 Å². The highest BCUT2D eigenvalue weighted by Gasteiger charge is 2.07. The minimum atomic E-state index is -0.146. The summed E-state index contributed by atoms with van der Waals surface area (Å²) in [6, 6.07) is 0.602. The topological polar surface area (TPSA) is 70.2 Å². The molecule has 0 radical (unpaired) electrons. The number of nitrogens with one attached hydrogen (secondary N) is 3. The highest BCUT2D eigenvalue weighted by molar-refractivity contribution is 5.87. The number of rotatable bonds is 10. The van der Waals surface area contributed by atoms with E-state index in [2.05, 4.69) is 43.0 Å². The first-order valence-electron chi connectivity index (χ1n) is 6.56. The van der Waals surface area contributed by atoms with E-state index in [-0.39, 0.29) is 11.8 Å². The third kappa shape index (κ3) is 10.0. The standard InChI is InChI=1S/C14H25N3O2/c1-5-13(18)15-9-7-11(3)17-12(4)8-10-16-14(19)6-2/h5-6,11-12,17H,1-2,7-10H2,3-4H3,(H,15,18)(H,16,19). The summed E-state index contributed by atoms with van der Waals surface area (Å²) >= 11 is 0. The van der Waals surface area contributed by atoms with Crippen LogP contribution in [0.3, 0.4) is 0 Å². The molecule has 0 spiro atoms. The molecule has 0 fully saturated rings. The second-order valence-electron chi connectivity index (χ2n) is 4.54. The molecular formula is C14H25N3O2. The average Bonchev–Trinajstić information content (AvgIpc) is 2.37. The molecule has 108 valence electrons. The lowest BCUT2D eigenvalue weighted by molar-refractivity contribution is -0.117. The van der Waals surface area contributed by atoms with E-state index in [4.69, 9.17) is 0 Å². The Kier molecular flexibility index (Phi) is 9.44.